The second-order valence-electron chi connectivity index (χ2n) is 4.73. The van der Waals surface area contributed by atoms with Crippen LogP contribution in [0.15, 0.2) is 6.07 Å². The van der Waals surface area contributed by atoms with Crippen molar-refractivity contribution in [2.75, 3.05) is 0 Å². The van der Waals surface area contributed by atoms with E-state index in [1.54, 1.807) is 0 Å². The van der Waals surface area contributed by atoms with Crippen molar-refractivity contribution in [1.82, 2.24) is 9.97 Å². The van der Waals surface area contributed by atoms with Gasteiger partial charge in [-0.2, -0.15) is 0 Å². The summed E-state index contributed by atoms with van der Waals surface area (Å²) in [5.41, 5.74) is 0.983. The van der Waals surface area contributed by atoms with Crippen molar-refractivity contribution in [2.45, 2.75) is 57.8 Å². The van der Waals surface area contributed by atoms with Gasteiger partial charge < -0.3 is 0 Å². The Balaban J connectivity index is 2.13. The van der Waals surface area contributed by atoms with Crippen LogP contribution in [0.3, 0.4) is 0 Å². The first-order valence-corrected chi connectivity index (χ1v) is 6.64. The SMILES string of the molecule is Cc1cc(Cl)nc(C2CCCCCCC2)n1. The number of aromatic nitrogens is 2. The average Bonchev–Trinajstić information content (AvgIpc) is 2.14. The van der Waals surface area contributed by atoms with Crippen LogP contribution in [0.5, 0.6) is 0 Å². The lowest BCUT2D eigenvalue weighted by Gasteiger charge is -2.18. The molecule has 0 amide bonds. The van der Waals surface area contributed by atoms with Gasteiger partial charge in [-0.05, 0) is 25.8 Å². The molecule has 1 fully saturated rings. The predicted molar refractivity (Wildman–Crippen MR) is 66.8 cm³/mol. The van der Waals surface area contributed by atoms with Crippen LogP contribution in [0.25, 0.3) is 0 Å². The second-order valence-corrected chi connectivity index (χ2v) is 5.12. The third-order valence-corrected chi connectivity index (χ3v) is 3.50. The molecule has 0 spiro atoms. The lowest BCUT2D eigenvalue weighted by Crippen LogP contribution is -2.07. The normalized spacial score (nSPS) is 19.1. The van der Waals surface area contributed by atoms with Crippen molar-refractivity contribution in [1.29, 1.82) is 0 Å². The molecule has 0 bridgehead atoms. The largest absolute Gasteiger partial charge is 0.238 e. The van der Waals surface area contributed by atoms with Crippen LogP contribution in [-0.4, -0.2) is 9.97 Å². The van der Waals surface area contributed by atoms with Gasteiger partial charge in [0.15, 0.2) is 0 Å². The zero-order chi connectivity index (χ0) is 11.4. The third-order valence-electron chi connectivity index (χ3n) is 3.31. The van der Waals surface area contributed by atoms with Gasteiger partial charge in [0.1, 0.15) is 11.0 Å². The van der Waals surface area contributed by atoms with Crippen LogP contribution in [-0.2, 0) is 0 Å². The molecule has 1 heterocycles. The summed E-state index contributed by atoms with van der Waals surface area (Å²) in [6, 6.07) is 1.83. The first-order chi connectivity index (χ1) is 7.75. The summed E-state index contributed by atoms with van der Waals surface area (Å²) >= 11 is 5.99. The minimum atomic E-state index is 0.526. The van der Waals surface area contributed by atoms with Crippen molar-refractivity contribution in [3.05, 3.63) is 22.7 Å². The molecule has 0 radical (unpaired) electrons. The summed E-state index contributed by atoms with van der Waals surface area (Å²) in [7, 11) is 0. The van der Waals surface area contributed by atoms with E-state index in [0.717, 1.165) is 11.5 Å². The van der Waals surface area contributed by atoms with Gasteiger partial charge in [0.25, 0.3) is 0 Å². The highest BCUT2D eigenvalue weighted by molar-refractivity contribution is 6.29. The van der Waals surface area contributed by atoms with Crippen LogP contribution < -0.4 is 0 Å². The maximum atomic E-state index is 5.99. The van der Waals surface area contributed by atoms with E-state index in [0.29, 0.717) is 11.1 Å². The molecule has 0 N–H and O–H groups in total. The first-order valence-electron chi connectivity index (χ1n) is 6.27. The number of halogens is 1. The highest BCUT2D eigenvalue weighted by Gasteiger charge is 2.16. The van der Waals surface area contributed by atoms with E-state index in [9.17, 15) is 0 Å². The maximum Gasteiger partial charge on any atom is 0.133 e. The summed E-state index contributed by atoms with van der Waals surface area (Å²) in [5, 5.41) is 0.588. The molecule has 1 saturated carbocycles. The van der Waals surface area contributed by atoms with Gasteiger partial charge in [-0.3, -0.25) is 0 Å². The molecule has 2 nitrogen and oxygen atoms in total. The van der Waals surface area contributed by atoms with E-state index >= 15 is 0 Å². The smallest absolute Gasteiger partial charge is 0.133 e. The van der Waals surface area contributed by atoms with Crippen molar-refractivity contribution in [3.8, 4) is 0 Å². The highest BCUT2D eigenvalue weighted by atomic mass is 35.5. The van der Waals surface area contributed by atoms with Gasteiger partial charge in [-0.25, -0.2) is 9.97 Å². The van der Waals surface area contributed by atoms with E-state index in [4.69, 9.17) is 11.6 Å². The second kappa shape index (κ2) is 5.62. The molecular formula is C13H19ClN2. The molecule has 3 heteroatoms. The molecule has 1 aliphatic carbocycles. The van der Waals surface area contributed by atoms with Gasteiger partial charge >= 0.3 is 0 Å². The molecule has 2 rings (SSSR count). The number of aryl methyl sites for hydroxylation is 1. The van der Waals surface area contributed by atoms with Gasteiger partial charge in [0.2, 0.25) is 0 Å². The zero-order valence-corrected chi connectivity index (χ0v) is 10.6. The highest BCUT2D eigenvalue weighted by Crippen LogP contribution is 2.29. The number of hydrogen-bond acceptors (Lipinski definition) is 2. The monoisotopic (exact) mass is 238 g/mol. The Morgan fingerprint density at radius 1 is 1.06 bits per heavy atom. The van der Waals surface area contributed by atoms with Crippen LogP contribution in [0.1, 0.15) is 62.4 Å². The predicted octanol–water partition coefficient (Wildman–Crippen LogP) is 4.27. The summed E-state index contributed by atoms with van der Waals surface area (Å²) in [5.74, 6) is 1.49. The molecule has 0 saturated heterocycles. The van der Waals surface area contributed by atoms with E-state index < -0.39 is 0 Å². The van der Waals surface area contributed by atoms with Gasteiger partial charge in [-0.1, -0.05) is 43.7 Å². The van der Waals surface area contributed by atoms with Crippen molar-refractivity contribution < 1.29 is 0 Å². The topological polar surface area (TPSA) is 25.8 Å². The molecule has 0 aromatic carbocycles. The Kier molecular flexibility index (Phi) is 4.16. The fourth-order valence-corrected chi connectivity index (χ4v) is 2.69. The molecule has 16 heavy (non-hydrogen) atoms. The molecule has 0 aliphatic heterocycles. The van der Waals surface area contributed by atoms with Crippen molar-refractivity contribution >= 4 is 11.6 Å². The van der Waals surface area contributed by atoms with E-state index in [1.165, 1.54) is 44.9 Å². The molecule has 0 atom stereocenters. The Labute approximate surface area is 102 Å². The quantitative estimate of drug-likeness (QED) is 0.683. The number of nitrogens with zero attached hydrogens (tertiary/aromatic N) is 2. The molecular weight excluding hydrogens is 220 g/mol. The molecule has 88 valence electrons. The van der Waals surface area contributed by atoms with Crippen LogP contribution in [0.4, 0.5) is 0 Å². The molecule has 1 aliphatic rings. The summed E-state index contributed by atoms with van der Waals surface area (Å²) in [6.45, 7) is 1.99. The maximum absolute atomic E-state index is 5.99. The standard InChI is InChI=1S/C13H19ClN2/c1-10-9-12(14)16-13(15-10)11-7-5-3-2-4-6-8-11/h9,11H,2-8H2,1H3. The van der Waals surface area contributed by atoms with Crippen LogP contribution in [0, 0.1) is 6.92 Å². The van der Waals surface area contributed by atoms with Crippen molar-refractivity contribution in [2.24, 2.45) is 0 Å². The summed E-state index contributed by atoms with van der Waals surface area (Å²) < 4.78 is 0. The fourth-order valence-electron chi connectivity index (χ4n) is 2.45. The molecule has 1 aromatic heterocycles. The first kappa shape index (κ1) is 11.8. The minimum Gasteiger partial charge on any atom is -0.238 e. The Morgan fingerprint density at radius 2 is 1.69 bits per heavy atom. The van der Waals surface area contributed by atoms with Gasteiger partial charge in [-0.15, -0.1) is 0 Å². The lowest BCUT2D eigenvalue weighted by atomic mass is 9.90. The Morgan fingerprint density at radius 3 is 2.31 bits per heavy atom. The number of rotatable bonds is 1. The molecule has 0 unspecified atom stereocenters. The van der Waals surface area contributed by atoms with E-state index in [1.807, 2.05) is 13.0 Å². The minimum absolute atomic E-state index is 0.526. The third kappa shape index (κ3) is 3.18. The van der Waals surface area contributed by atoms with Gasteiger partial charge in [0.05, 0.1) is 0 Å². The van der Waals surface area contributed by atoms with E-state index in [-0.39, 0.29) is 0 Å². The summed E-state index contributed by atoms with van der Waals surface area (Å²) in [6.07, 6.45) is 9.16. The molecule has 1 aromatic rings. The van der Waals surface area contributed by atoms with Crippen LogP contribution >= 0.6 is 11.6 Å². The lowest BCUT2D eigenvalue weighted by molar-refractivity contribution is 0.442. The fraction of sp³-hybridized carbons (Fsp3) is 0.692. The zero-order valence-electron chi connectivity index (χ0n) is 9.88. The van der Waals surface area contributed by atoms with Gasteiger partial charge in [0, 0.05) is 11.6 Å². The Hall–Kier alpha value is -0.630. The average molecular weight is 239 g/mol. The van der Waals surface area contributed by atoms with Crippen LogP contribution in [0.2, 0.25) is 5.15 Å². The number of hydrogen-bond donors (Lipinski definition) is 0. The summed E-state index contributed by atoms with van der Waals surface area (Å²) in [4.78, 5) is 8.92. The Bertz CT molecular complexity index is 324. The van der Waals surface area contributed by atoms with E-state index in [2.05, 4.69) is 9.97 Å². The van der Waals surface area contributed by atoms with Crippen molar-refractivity contribution in [3.63, 3.8) is 0 Å².